The first kappa shape index (κ1) is 14.9. The summed E-state index contributed by atoms with van der Waals surface area (Å²) < 4.78 is 43.1. The Bertz CT molecular complexity index is 671. The van der Waals surface area contributed by atoms with Crippen molar-refractivity contribution in [3.8, 4) is 22.9 Å². The van der Waals surface area contributed by atoms with Gasteiger partial charge in [0.05, 0.1) is 17.8 Å². The summed E-state index contributed by atoms with van der Waals surface area (Å²) in [6.45, 7) is 2.65. The van der Waals surface area contributed by atoms with Gasteiger partial charge in [0.15, 0.2) is 0 Å². The van der Waals surface area contributed by atoms with Crippen LogP contribution in [0.1, 0.15) is 18.9 Å². The molecular formula is C14H12F3N3O. The van der Waals surface area contributed by atoms with Crippen molar-refractivity contribution >= 4 is 0 Å². The predicted octanol–water partition coefficient (Wildman–Crippen LogP) is 3.73. The average Bonchev–Trinajstić information content (AvgIpc) is 2.85. The van der Waals surface area contributed by atoms with Crippen LogP contribution in [0.15, 0.2) is 30.6 Å². The molecule has 0 fully saturated rings. The van der Waals surface area contributed by atoms with E-state index >= 15 is 0 Å². The molecule has 0 radical (unpaired) electrons. The first-order valence-electron chi connectivity index (χ1n) is 6.25. The molecule has 0 atom stereocenters. The molecule has 21 heavy (non-hydrogen) atoms. The summed E-state index contributed by atoms with van der Waals surface area (Å²) in [7, 11) is 0. The highest BCUT2D eigenvalue weighted by atomic mass is 19.4. The molecule has 0 aliphatic carbocycles. The average molecular weight is 295 g/mol. The number of halogens is 3. The standard InChI is InChI=1S/C14H12F3N3O/c1-2-5-20-9-11(8-19-20)12-4-3-10(7-18)6-13(12)21-14(15,16)17/h3-4,6,8-9H,2,5H2,1H3. The molecule has 0 aliphatic heterocycles. The van der Waals surface area contributed by atoms with Gasteiger partial charge in [0.25, 0.3) is 0 Å². The van der Waals surface area contributed by atoms with Crippen molar-refractivity contribution in [1.82, 2.24) is 9.78 Å². The molecule has 0 unspecified atom stereocenters. The Labute approximate surface area is 119 Å². The Morgan fingerprint density at radius 3 is 2.76 bits per heavy atom. The minimum atomic E-state index is -4.82. The number of aromatic nitrogens is 2. The van der Waals surface area contributed by atoms with Gasteiger partial charge >= 0.3 is 6.36 Å². The third-order valence-corrected chi connectivity index (χ3v) is 2.73. The summed E-state index contributed by atoms with van der Waals surface area (Å²) in [6.07, 6.45) is -0.836. The van der Waals surface area contributed by atoms with E-state index < -0.39 is 12.1 Å². The van der Waals surface area contributed by atoms with Crippen LogP contribution in [0.5, 0.6) is 5.75 Å². The van der Waals surface area contributed by atoms with Gasteiger partial charge in [-0.1, -0.05) is 6.92 Å². The van der Waals surface area contributed by atoms with E-state index in [0.29, 0.717) is 12.1 Å². The normalized spacial score (nSPS) is 11.2. The number of hydrogen-bond acceptors (Lipinski definition) is 3. The highest BCUT2D eigenvalue weighted by Crippen LogP contribution is 2.34. The van der Waals surface area contributed by atoms with E-state index in [9.17, 15) is 13.2 Å². The molecule has 0 spiro atoms. The zero-order valence-corrected chi connectivity index (χ0v) is 11.2. The molecule has 110 valence electrons. The first-order chi connectivity index (χ1) is 9.93. The van der Waals surface area contributed by atoms with E-state index in [1.807, 2.05) is 6.92 Å². The van der Waals surface area contributed by atoms with Crippen LogP contribution < -0.4 is 4.74 Å². The SMILES string of the molecule is CCCn1cc(-c2ccc(C#N)cc2OC(F)(F)F)cn1. The number of nitrogens with zero attached hydrogens (tertiary/aromatic N) is 3. The predicted molar refractivity (Wildman–Crippen MR) is 69.4 cm³/mol. The van der Waals surface area contributed by atoms with E-state index in [1.54, 1.807) is 16.9 Å². The molecular weight excluding hydrogens is 283 g/mol. The van der Waals surface area contributed by atoms with Crippen LogP contribution >= 0.6 is 0 Å². The van der Waals surface area contributed by atoms with Crippen molar-refractivity contribution < 1.29 is 17.9 Å². The molecule has 0 aliphatic rings. The van der Waals surface area contributed by atoms with Gasteiger partial charge in [0.1, 0.15) is 5.75 Å². The Kier molecular flexibility index (Phi) is 4.17. The summed E-state index contributed by atoms with van der Waals surface area (Å²) in [5, 5.41) is 12.9. The fourth-order valence-corrected chi connectivity index (χ4v) is 1.89. The van der Waals surface area contributed by atoms with Gasteiger partial charge in [-0.15, -0.1) is 13.2 Å². The smallest absolute Gasteiger partial charge is 0.405 e. The third kappa shape index (κ3) is 3.75. The Balaban J connectivity index is 2.43. The Hall–Kier alpha value is -2.49. The van der Waals surface area contributed by atoms with E-state index in [2.05, 4.69) is 9.84 Å². The monoisotopic (exact) mass is 295 g/mol. The van der Waals surface area contributed by atoms with Crippen molar-refractivity contribution in [3.63, 3.8) is 0 Å². The lowest BCUT2D eigenvalue weighted by molar-refractivity contribution is -0.274. The number of rotatable bonds is 4. The zero-order valence-electron chi connectivity index (χ0n) is 11.2. The molecule has 2 rings (SSSR count). The van der Waals surface area contributed by atoms with Crippen LogP contribution in [0.25, 0.3) is 11.1 Å². The lowest BCUT2D eigenvalue weighted by Gasteiger charge is -2.12. The molecule has 0 saturated carbocycles. The fraction of sp³-hybridized carbons (Fsp3) is 0.286. The minimum Gasteiger partial charge on any atom is -0.405 e. The van der Waals surface area contributed by atoms with Crippen molar-refractivity contribution in [1.29, 1.82) is 5.26 Å². The molecule has 2 aromatic rings. The van der Waals surface area contributed by atoms with Gasteiger partial charge in [-0.2, -0.15) is 10.4 Å². The summed E-state index contributed by atoms with van der Waals surface area (Å²) in [5.74, 6) is -0.405. The Morgan fingerprint density at radius 2 is 2.14 bits per heavy atom. The summed E-state index contributed by atoms with van der Waals surface area (Å²) in [6, 6.07) is 5.72. The largest absolute Gasteiger partial charge is 0.573 e. The van der Waals surface area contributed by atoms with Crippen molar-refractivity contribution in [3.05, 3.63) is 36.2 Å². The second-order valence-corrected chi connectivity index (χ2v) is 4.36. The first-order valence-corrected chi connectivity index (χ1v) is 6.25. The van der Waals surface area contributed by atoms with E-state index in [0.717, 1.165) is 12.5 Å². The maximum atomic E-state index is 12.5. The summed E-state index contributed by atoms with van der Waals surface area (Å²) in [5.41, 5.74) is 0.847. The van der Waals surface area contributed by atoms with E-state index in [4.69, 9.17) is 5.26 Å². The number of hydrogen-bond donors (Lipinski definition) is 0. The molecule has 0 amide bonds. The highest BCUT2D eigenvalue weighted by Gasteiger charge is 2.32. The number of alkyl halides is 3. The highest BCUT2D eigenvalue weighted by molar-refractivity contribution is 5.70. The van der Waals surface area contributed by atoms with Crippen molar-refractivity contribution in [2.75, 3.05) is 0 Å². The van der Waals surface area contributed by atoms with Crippen LogP contribution in [0.3, 0.4) is 0 Å². The molecule has 0 saturated heterocycles. The maximum Gasteiger partial charge on any atom is 0.573 e. The lowest BCUT2D eigenvalue weighted by Crippen LogP contribution is -2.17. The summed E-state index contributed by atoms with van der Waals surface area (Å²) >= 11 is 0. The van der Waals surface area contributed by atoms with Crippen LogP contribution in [-0.4, -0.2) is 16.1 Å². The topological polar surface area (TPSA) is 50.8 Å². The maximum absolute atomic E-state index is 12.5. The van der Waals surface area contributed by atoms with Gasteiger partial charge in [0.2, 0.25) is 0 Å². The third-order valence-electron chi connectivity index (χ3n) is 2.73. The molecule has 0 N–H and O–H groups in total. The van der Waals surface area contributed by atoms with Crippen LogP contribution in [-0.2, 0) is 6.54 Å². The van der Waals surface area contributed by atoms with Crippen LogP contribution in [0.2, 0.25) is 0 Å². The van der Waals surface area contributed by atoms with Gasteiger partial charge in [0, 0.05) is 23.9 Å². The number of ether oxygens (including phenoxy) is 1. The zero-order chi connectivity index (χ0) is 15.5. The van der Waals surface area contributed by atoms with E-state index in [-0.39, 0.29) is 11.1 Å². The fourth-order valence-electron chi connectivity index (χ4n) is 1.89. The van der Waals surface area contributed by atoms with Crippen molar-refractivity contribution in [2.45, 2.75) is 26.3 Å². The molecule has 1 aromatic heterocycles. The second-order valence-electron chi connectivity index (χ2n) is 4.36. The van der Waals surface area contributed by atoms with Crippen molar-refractivity contribution in [2.24, 2.45) is 0 Å². The summed E-state index contributed by atoms with van der Waals surface area (Å²) in [4.78, 5) is 0. The molecule has 4 nitrogen and oxygen atoms in total. The van der Waals surface area contributed by atoms with Gasteiger partial charge in [-0.05, 0) is 24.6 Å². The van der Waals surface area contributed by atoms with E-state index in [1.165, 1.54) is 18.3 Å². The van der Waals surface area contributed by atoms with Gasteiger partial charge in [-0.3, -0.25) is 4.68 Å². The number of nitriles is 1. The van der Waals surface area contributed by atoms with Gasteiger partial charge in [-0.25, -0.2) is 0 Å². The quantitative estimate of drug-likeness (QED) is 0.863. The lowest BCUT2D eigenvalue weighted by atomic mass is 10.1. The van der Waals surface area contributed by atoms with Crippen LogP contribution in [0, 0.1) is 11.3 Å². The number of aryl methyl sites for hydroxylation is 1. The van der Waals surface area contributed by atoms with Crippen LogP contribution in [0.4, 0.5) is 13.2 Å². The molecule has 0 bridgehead atoms. The Morgan fingerprint density at radius 1 is 1.38 bits per heavy atom. The second kappa shape index (κ2) is 5.87. The molecule has 1 aromatic carbocycles. The minimum absolute atomic E-state index is 0.0963. The number of benzene rings is 1. The van der Waals surface area contributed by atoms with Gasteiger partial charge < -0.3 is 4.74 Å². The molecule has 1 heterocycles. The molecule has 7 heteroatoms.